The number of nitrogens with zero attached hydrogens (tertiary/aromatic N) is 1. The van der Waals surface area contributed by atoms with E-state index in [9.17, 15) is 4.79 Å². The first-order valence-electron chi connectivity index (χ1n) is 7.19. The number of hydrogen-bond donors (Lipinski definition) is 1. The number of amides is 2. The van der Waals surface area contributed by atoms with Crippen molar-refractivity contribution in [1.82, 2.24) is 5.32 Å². The summed E-state index contributed by atoms with van der Waals surface area (Å²) in [7, 11) is 0. The first-order chi connectivity index (χ1) is 10.7. The second-order valence-corrected chi connectivity index (χ2v) is 5.53. The molecular formula is C17H19BrN2O2. The molecule has 0 aliphatic rings. The van der Waals surface area contributed by atoms with Gasteiger partial charge in [0.15, 0.2) is 0 Å². The van der Waals surface area contributed by atoms with Gasteiger partial charge in [-0.2, -0.15) is 0 Å². The van der Waals surface area contributed by atoms with Crippen molar-refractivity contribution in [2.75, 3.05) is 24.6 Å². The summed E-state index contributed by atoms with van der Waals surface area (Å²) in [6.07, 6.45) is 0. The Hall–Kier alpha value is -2.01. The SMILES string of the molecule is CCN(C(=O)NCCOc1ccc(Br)cc1)c1ccccc1. The molecule has 2 aromatic rings. The van der Waals surface area contributed by atoms with Crippen LogP contribution < -0.4 is 15.0 Å². The normalized spacial score (nSPS) is 10.1. The lowest BCUT2D eigenvalue weighted by Crippen LogP contribution is -2.41. The molecule has 2 rings (SSSR count). The largest absolute Gasteiger partial charge is 0.492 e. The number of nitrogens with one attached hydrogen (secondary N) is 1. The quantitative estimate of drug-likeness (QED) is 0.787. The average Bonchev–Trinajstić information content (AvgIpc) is 2.55. The van der Waals surface area contributed by atoms with Gasteiger partial charge < -0.3 is 10.1 Å². The van der Waals surface area contributed by atoms with E-state index in [1.165, 1.54) is 0 Å². The summed E-state index contributed by atoms with van der Waals surface area (Å²) in [5.74, 6) is 0.785. The van der Waals surface area contributed by atoms with E-state index in [-0.39, 0.29) is 6.03 Å². The zero-order chi connectivity index (χ0) is 15.8. The zero-order valence-electron chi connectivity index (χ0n) is 12.5. The topological polar surface area (TPSA) is 41.6 Å². The summed E-state index contributed by atoms with van der Waals surface area (Å²) in [4.78, 5) is 13.9. The number of halogens is 1. The van der Waals surface area contributed by atoms with Crippen LogP contribution in [-0.4, -0.2) is 25.7 Å². The highest BCUT2D eigenvalue weighted by Gasteiger charge is 2.12. The van der Waals surface area contributed by atoms with Gasteiger partial charge in [0.1, 0.15) is 12.4 Å². The van der Waals surface area contributed by atoms with E-state index in [0.29, 0.717) is 19.7 Å². The van der Waals surface area contributed by atoms with Crippen LogP contribution in [0.25, 0.3) is 0 Å². The summed E-state index contributed by atoms with van der Waals surface area (Å²) in [6.45, 7) is 3.45. The van der Waals surface area contributed by atoms with Crippen LogP contribution >= 0.6 is 15.9 Å². The predicted molar refractivity (Wildman–Crippen MR) is 92.5 cm³/mol. The molecule has 0 atom stereocenters. The molecule has 5 heteroatoms. The van der Waals surface area contributed by atoms with Crippen LogP contribution in [0.2, 0.25) is 0 Å². The van der Waals surface area contributed by atoms with Crippen molar-refractivity contribution in [3.63, 3.8) is 0 Å². The molecule has 0 aromatic heterocycles. The van der Waals surface area contributed by atoms with Gasteiger partial charge in [-0.25, -0.2) is 4.79 Å². The summed E-state index contributed by atoms with van der Waals surface area (Å²) >= 11 is 3.37. The van der Waals surface area contributed by atoms with Gasteiger partial charge >= 0.3 is 6.03 Å². The highest BCUT2D eigenvalue weighted by atomic mass is 79.9. The summed E-state index contributed by atoms with van der Waals surface area (Å²) < 4.78 is 6.59. The number of hydrogen-bond acceptors (Lipinski definition) is 2. The van der Waals surface area contributed by atoms with Crippen LogP contribution in [0.5, 0.6) is 5.75 Å². The van der Waals surface area contributed by atoms with Crippen LogP contribution in [0, 0.1) is 0 Å². The smallest absolute Gasteiger partial charge is 0.321 e. The highest BCUT2D eigenvalue weighted by molar-refractivity contribution is 9.10. The highest BCUT2D eigenvalue weighted by Crippen LogP contribution is 2.16. The molecule has 0 saturated carbocycles. The second-order valence-electron chi connectivity index (χ2n) is 4.61. The lowest BCUT2D eigenvalue weighted by atomic mass is 10.3. The summed E-state index contributed by atoms with van der Waals surface area (Å²) in [5, 5.41) is 2.87. The number of benzene rings is 2. The van der Waals surface area contributed by atoms with E-state index in [1.54, 1.807) is 4.90 Å². The zero-order valence-corrected chi connectivity index (χ0v) is 14.0. The Bertz CT molecular complexity index is 587. The number of para-hydroxylation sites is 1. The number of carbonyl (C=O) groups excluding carboxylic acids is 1. The number of urea groups is 1. The van der Waals surface area contributed by atoms with Crippen molar-refractivity contribution in [1.29, 1.82) is 0 Å². The van der Waals surface area contributed by atoms with E-state index in [0.717, 1.165) is 15.9 Å². The van der Waals surface area contributed by atoms with Gasteiger partial charge in [0.2, 0.25) is 0 Å². The molecule has 0 spiro atoms. The maximum Gasteiger partial charge on any atom is 0.321 e. The Morgan fingerprint density at radius 1 is 1.14 bits per heavy atom. The van der Waals surface area contributed by atoms with Gasteiger partial charge in [-0.3, -0.25) is 4.90 Å². The molecule has 116 valence electrons. The standard InChI is InChI=1S/C17H19BrN2O2/c1-2-20(15-6-4-3-5-7-15)17(21)19-12-13-22-16-10-8-14(18)9-11-16/h3-11H,2,12-13H2,1H3,(H,19,21). The molecule has 4 nitrogen and oxygen atoms in total. The lowest BCUT2D eigenvalue weighted by Gasteiger charge is -2.21. The molecular weight excluding hydrogens is 344 g/mol. The van der Waals surface area contributed by atoms with Crippen molar-refractivity contribution in [2.24, 2.45) is 0 Å². The first-order valence-corrected chi connectivity index (χ1v) is 7.99. The lowest BCUT2D eigenvalue weighted by molar-refractivity contribution is 0.242. The fourth-order valence-electron chi connectivity index (χ4n) is 2.00. The Labute approximate surface area is 139 Å². The first kappa shape index (κ1) is 16.4. The number of rotatable bonds is 6. The molecule has 2 amide bonds. The molecule has 0 aliphatic heterocycles. The Morgan fingerprint density at radius 3 is 2.45 bits per heavy atom. The molecule has 0 aliphatic carbocycles. The molecule has 1 N–H and O–H groups in total. The molecule has 22 heavy (non-hydrogen) atoms. The van der Waals surface area contributed by atoms with Crippen molar-refractivity contribution < 1.29 is 9.53 Å². The Morgan fingerprint density at radius 2 is 1.82 bits per heavy atom. The van der Waals surface area contributed by atoms with Crippen LogP contribution in [0.1, 0.15) is 6.92 Å². The van der Waals surface area contributed by atoms with Crippen molar-refractivity contribution >= 4 is 27.6 Å². The molecule has 0 heterocycles. The molecule has 0 unspecified atom stereocenters. The van der Waals surface area contributed by atoms with Crippen LogP contribution in [0.15, 0.2) is 59.1 Å². The van der Waals surface area contributed by atoms with E-state index < -0.39 is 0 Å². The number of ether oxygens (including phenoxy) is 1. The minimum atomic E-state index is -0.117. The van der Waals surface area contributed by atoms with Crippen molar-refractivity contribution in [2.45, 2.75) is 6.92 Å². The molecule has 0 radical (unpaired) electrons. The number of anilines is 1. The Balaban J connectivity index is 1.78. The van der Waals surface area contributed by atoms with Crippen LogP contribution in [0.4, 0.5) is 10.5 Å². The summed E-state index contributed by atoms with van der Waals surface area (Å²) in [5.41, 5.74) is 0.885. The third-order valence-corrected chi connectivity index (χ3v) is 3.62. The fourth-order valence-corrected chi connectivity index (χ4v) is 2.27. The number of carbonyl (C=O) groups is 1. The molecule has 0 saturated heterocycles. The molecule has 0 fully saturated rings. The monoisotopic (exact) mass is 362 g/mol. The van der Waals surface area contributed by atoms with Crippen molar-refractivity contribution in [3.8, 4) is 5.75 Å². The minimum Gasteiger partial charge on any atom is -0.492 e. The molecule has 0 bridgehead atoms. The van der Waals surface area contributed by atoms with Gasteiger partial charge in [0.25, 0.3) is 0 Å². The van der Waals surface area contributed by atoms with Crippen molar-refractivity contribution in [3.05, 3.63) is 59.1 Å². The van der Waals surface area contributed by atoms with E-state index >= 15 is 0 Å². The van der Waals surface area contributed by atoms with E-state index in [1.807, 2.05) is 61.5 Å². The second kappa shape index (κ2) is 8.44. The van der Waals surface area contributed by atoms with Gasteiger partial charge in [-0.1, -0.05) is 34.1 Å². The van der Waals surface area contributed by atoms with E-state index in [2.05, 4.69) is 21.2 Å². The Kier molecular flexibility index (Phi) is 6.27. The minimum absolute atomic E-state index is 0.117. The van der Waals surface area contributed by atoms with Gasteiger partial charge in [-0.05, 0) is 43.3 Å². The van der Waals surface area contributed by atoms with Crippen LogP contribution in [-0.2, 0) is 0 Å². The van der Waals surface area contributed by atoms with E-state index in [4.69, 9.17) is 4.74 Å². The average molecular weight is 363 g/mol. The predicted octanol–water partition coefficient (Wildman–Crippen LogP) is 4.06. The van der Waals surface area contributed by atoms with Crippen LogP contribution in [0.3, 0.4) is 0 Å². The third kappa shape index (κ3) is 4.77. The third-order valence-electron chi connectivity index (χ3n) is 3.09. The fraction of sp³-hybridized carbons (Fsp3) is 0.235. The van der Waals surface area contributed by atoms with Gasteiger partial charge in [0, 0.05) is 16.7 Å². The maximum absolute atomic E-state index is 12.2. The molecule has 2 aromatic carbocycles. The summed E-state index contributed by atoms with van der Waals surface area (Å²) in [6, 6.07) is 17.1. The van der Waals surface area contributed by atoms with Gasteiger partial charge in [-0.15, -0.1) is 0 Å². The van der Waals surface area contributed by atoms with Gasteiger partial charge in [0.05, 0.1) is 6.54 Å². The maximum atomic E-state index is 12.2.